The normalized spacial score (nSPS) is 12.8. The minimum atomic E-state index is -3.15. The second kappa shape index (κ2) is 5.87. The van der Waals surface area contributed by atoms with Crippen LogP contribution in [0.4, 0.5) is 0 Å². The van der Waals surface area contributed by atoms with Gasteiger partial charge in [0.2, 0.25) is 0 Å². The summed E-state index contributed by atoms with van der Waals surface area (Å²) in [4.78, 5) is 0. The quantitative estimate of drug-likeness (QED) is 0.820. The van der Waals surface area contributed by atoms with Crippen LogP contribution in [0, 0.1) is 11.3 Å². The number of hydrogen-bond donors (Lipinski definition) is 0. The monoisotopic (exact) mass is 267 g/mol. The highest BCUT2D eigenvalue weighted by molar-refractivity contribution is 7.91. The van der Waals surface area contributed by atoms with Gasteiger partial charge >= 0.3 is 0 Å². The standard InChI is InChI=1S/C13H17NO3S/c1-4-10(2)18(15,16)9-11-5-6-12(8-14)13(7-11)17-3/h5-7,10H,4,9H2,1-3H3. The van der Waals surface area contributed by atoms with Crippen molar-refractivity contribution >= 4 is 9.84 Å². The van der Waals surface area contributed by atoms with Crippen molar-refractivity contribution in [3.8, 4) is 11.8 Å². The van der Waals surface area contributed by atoms with E-state index in [-0.39, 0.29) is 11.0 Å². The van der Waals surface area contributed by atoms with E-state index in [0.717, 1.165) is 0 Å². The summed E-state index contributed by atoms with van der Waals surface area (Å²) < 4.78 is 29.0. The molecule has 1 aromatic rings. The third-order valence-corrected chi connectivity index (χ3v) is 5.24. The molecule has 0 radical (unpaired) electrons. The molecule has 0 bridgehead atoms. The lowest BCUT2D eigenvalue weighted by molar-refractivity contribution is 0.413. The maximum absolute atomic E-state index is 12.0. The SMILES string of the molecule is CCC(C)S(=O)(=O)Cc1ccc(C#N)c(OC)c1. The van der Waals surface area contributed by atoms with Crippen molar-refractivity contribution in [3.63, 3.8) is 0 Å². The van der Waals surface area contributed by atoms with Crippen LogP contribution in [0.25, 0.3) is 0 Å². The number of hydrogen-bond acceptors (Lipinski definition) is 4. The van der Waals surface area contributed by atoms with Crippen LogP contribution in [-0.4, -0.2) is 20.8 Å². The number of rotatable bonds is 5. The van der Waals surface area contributed by atoms with Gasteiger partial charge in [-0.2, -0.15) is 5.26 Å². The number of benzene rings is 1. The molecule has 0 saturated heterocycles. The molecule has 0 fully saturated rings. The summed E-state index contributed by atoms with van der Waals surface area (Å²) in [6, 6.07) is 6.84. The summed E-state index contributed by atoms with van der Waals surface area (Å²) in [6.45, 7) is 3.55. The van der Waals surface area contributed by atoms with E-state index in [9.17, 15) is 8.42 Å². The first kappa shape index (κ1) is 14.5. The van der Waals surface area contributed by atoms with Crippen LogP contribution in [0.5, 0.6) is 5.75 Å². The average molecular weight is 267 g/mol. The molecule has 0 heterocycles. The smallest absolute Gasteiger partial charge is 0.157 e. The van der Waals surface area contributed by atoms with Crippen molar-refractivity contribution in [1.29, 1.82) is 5.26 Å². The summed E-state index contributed by atoms with van der Waals surface area (Å²) in [5, 5.41) is 8.49. The molecule has 0 aliphatic rings. The summed E-state index contributed by atoms with van der Waals surface area (Å²) in [7, 11) is -1.68. The van der Waals surface area contributed by atoms with E-state index in [1.54, 1.807) is 25.1 Å². The Labute approximate surface area is 108 Å². The van der Waals surface area contributed by atoms with Crippen molar-refractivity contribution in [2.24, 2.45) is 0 Å². The first-order chi connectivity index (χ1) is 8.44. The van der Waals surface area contributed by atoms with Gasteiger partial charge in [0.25, 0.3) is 0 Å². The molecule has 0 N–H and O–H groups in total. The lowest BCUT2D eigenvalue weighted by Gasteiger charge is -2.11. The minimum Gasteiger partial charge on any atom is -0.495 e. The number of nitriles is 1. The predicted molar refractivity (Wildman–Crippen MR) is 70.1 cm³/mol. The van der Waals surface area contributed by atoms with E-state index < -0.39 is 9.84 Å². The highest BCUT2D eigenvalue weighted by atomic mass is 32.2. The average Bonchev–Trinajstić information content (AvgIpc) is 2.36. The van der Waals surface area contributed by atoms with Crippen LogP contribution >= 0.6 is 0 Å². The molecule has 5 heteroatoms. The third-order valence-electron chi connectivity index (χ3n) is 2.94. The summed E-state index contributed by atoms with van der Waals surface area (Å²) >= 11 is 0. The Balaban J connectivity index is 3.04. The van der Waals surface area contributed by atoms with E-state index in [4.69, 9.17) is 10.00 Å². The maximum Gasteiger partial charge on any atom is 0.157 e. The zero-order valence-corrected chi connectivity index (χ0v) is 11.6. The van der Waals surface area contributed by atoms with E-state index in [0.29, 0.717) is 23.3 Å². The van der Waals surface area contributed by atoms with Gasteiger partial charge in [-0.3, -0.25) is 0 Å². The van der Waals surface area contributed by atoms with Gasteiger partial charge < -0.3 is 4.74 Å². The van der Waals surface area contributed by atoms with E-state index in [2.05, 4.69) is 0 Å². The lowest BCUT2D eigenvalue weighted by atomic mass is 10.1. The fourth-order valence-corrected chi connectivity index (χ4v) is 2.98. The zero-order valence-electron chi connectivity index (χ0n) is 10.8. The molecular formula is C13H17NO3S. The number of methoxy groups -OCH3 is 1. The van der Waals surface area contributed by atoms with Gasteiger partial charge in [0.1, 0.15) is 11.8 Å². The number of nitrogens with zero attached hydrogens (tertiary/aromatic N) is 1. The largest absolute Gasteiger partial charge is 0.495 e. The molecule has 0 aliphatic heterocycles. The van der Waals surface area contributed by atoms with Gasteiger partial charge in [0.15, 0.2) is 9.84 Å². The Bertz CT molecular complexity index is 558. The Morgan fingerprint density at radius 2 is 2.11 bits per heavy atom. The van der Waals surface area contributed by atoms with Crippen LogP contribution < -0.4 is 4.74 Å². The number of sulfone groups is 1. The molecule has 18 heavy (non-hydrogen) atoms. The molecule has 1 aromatic carbocycles. The second-order valence-corrected chi connectivity index (χ2v) is 6.59. The van der Waals surface area contributed by atoms with Gasteiger partial charge in [0.05, 0.1) is 23.7 Å². The summed E-state index contributed by atoms with van der Waals surface area (Å²) in [5.41, 5.74) is 1.05. The highest BCUT2D eigenvalue weighted by Crippen LogP contribution is 2.22. The fourth-order valence-electron chi connectivity index (χ4n) is 1.55. The van der Waals surface area contributed by atoms with Crippen molar-refractivity contribution < 1.29 is 13.2 Å². The van der Waals surface area contributed by atoms with E-state index >= 15 is 0 Å². The molecule has 98 valence electrons. The zero-order chi connectivity index (χ0) is 13.8. The predicted octanol–water partition coefficient (Wildman–Crippen LogP) is 2.28. The van der Waals surface area contributed by atoms with Crippen molar-refractivity contribution in [2.75, 3.05) is 7.11 Å². The molecular weight excluding hydrogens is 250 g/mol. The van der Waals surface area contributed by atoms with Gasteiger partial charge in [-0.15, -0.1) is 0 Å². The van der Waals surface area contributed by atoms with E-state index in [1.165, 1.54) is 7.11 Å². The molecule has 1 atom stereocenters. The van der Waals surface area contributed by atoms with Gasteiger partial charge in [0, 0.05) is 0 Å². The molecule has 0 amide bonds. The molecule has 0 spiro atoms. The van der Waals surface area contributed by atoms with Crippen LogP contribution in [-0.2, 0) is 15.6 Å². The molecule has 1 unspecified atom stereocenters. The fraction of sp³-hybridized carbons (Fsp3) is 0.462. The summed E-state index contributed by atoms with van der Waals surface area (Å²) in [6.07, 6.45) is 0.593. The Hall–Kier alpha value is -1.54. The van der Waals surface area contributed by atoms with Gasteiger partial charge in [-0.05, 0) is 31.0 Å². The maximum atomic E-state index is 12.0. The molecule has 0 saturated carbocycles. The molecule has 1 rings (SSSR count). The van der Waals surface area contributed by atoms with Crippen molar-refractivity contribution in [1.82, 2.24) is 0 Å². The first-order valence-electron chi connectivity index (χ1n) is 5.73. The van der Waals surface area contributed by atoms with Crippen LogP contribution in [0.3, 0.4) is 0 Å². The van der Waals surface area contributed by atoms with E-state index in [1.807, 2.05) is 13.0 Å². The van der Waals surface area contributed by atoms with Crippen molar-refractivity contribution in [3.05, 3.63) is 29.3 Å². The van der Waals surface area contributed by atoms with Crippen molar-refractivity contribution in [2.45, 2.75) is 31.3 Å². The van der Waals surface area contributed by atoms with Gasteiger partial charge in [-0.1, -0.05) is 13.0 Å². The Kier molecular flexibility index (Phi) is 4.74. The molecule has 4 nitrogen and oxygen atoms in total. The van der Waals surface area contributed by atoms with Crippen LogP contribution in [0.15, 0.2) is 18.2 Å². The lowest BCUT2D eigenvalue weighted by Crippen LogP contribution is -2.18. The third kappa shape index (κ3) is 3.23. The first-order valence-corrected chi connectivity index (χ1v) is 7.44. The highest BCUT2D eigenvalue weighted by Gasteiger charge is 2.20. The summed E-state index contributed by atoms with van der Waals surface area (Å²) in [5.74, 6) is 0.388. The second-order valence-electron chi connectivity index (χ2n) is 4.17. The minimum absolute atomic E-state index is 0.0237. The Morgan fingerprint density at radius 3 is 2.61 bits per heavy atom. The van der Waals surface area contributed by atoms with Crippen LogP contribution in [0.2, 0.25) is 0 Å². The molecule has 0 aromatic heterocycles. The Morgan fingerprint density at radius 1 is 1.44 bits per heavy atom. The van der Waals surface area contributed by atoms with Crippen LogP contribution in [0.1, 0.15) is 31.4 Å². The van der Waals surface area contributed by atoms with Gasteiger partial charge in [-0.25, -0.2) is 8.42 Å². The molecule has 0 aliphatic carbocycles. The topological polar surface area (TPSA) is 67.2 Å². The number of ether oxygens (including phenoxy) is 1.